The summed E-state index contributed by atoms with van der Waals surface area (Å²) in [5.74, 6) is 1.19. The van der Waals surface area contributed by atoms with Crippen LogP contribution < -0.4 is 19.5 Å². The molecule has 1 aromatic heterocycles. The molecule has 2 heterocycles. The first-order valence-corrected chi connectivity index (χ1v) is 8.85. The highest BCUT2D eigenvalue weighted by Crippen LogP contribution is 2.25. The smallest absolute Gasteiger partial charge is 0.316 e. The molecule has 2 aromatic rings. The average Bonchev–Trinajstić information content (AvgIpc) is 2.70. The molecule has 1 saturated heterocycles. The van der Waals surface area contributed by atoms with E-state index in [1.807, 2.05) is 0 Å². The minimum atomic E-state index is -0.0731. The van der Waals surface area contributed by atoms with Crippen molar-refractivity contribution in [2.45, 2.75) is 18.9 Å². The number of hydrogen-bond acceptors (Lipinski definition) is 7. The zero-order valence-electron chi connectivity index (χ0n) is 15.6. The number of rotatable bonds is 7. The maximum Gasteiger partial charge on any atom is 0.316 e. The number of ether oxygens (including phenoxy) is 3. The third-order valence-corrected chi connectivity index (χ3v) is 4.35. The molecule has 8 heteroatoms. The Balaban J connectivity index is 1.47. The van der Waals surface area contributed by atoms with Gasteiger partial charge in [-0.15, -0.1) is 0 Å². The van der Waals surface area contributed by atoms with Gasteiger partial charge in [0.1, 0.15) is 17.6 Å². The molecule has 1 aromatic carbocycles. The Hall–Kier alpha value is -2.87. The van der Waals surface area contributed by atoms with E-state index in [-0.39, 0.29) is 12.0 Å². The Labute approximate surface area is 158 Å². The molecule has 0 radical (unpaired) electrons. The summed E-state index contributed by atoms with van der Waals surface area (Å²) in [5.41, 5.74) is 0.649. The SMILES string of the molecule is COc1cc(NC(=O)CN2CCC(Oc3ncccn3)CC2)cc(OC)c1. The summed E-state index contributed by atoms with van der Waals surface area (Å²) in [7, 11) is 3.15. The predicted octanol–water partition coefficient (Wildman–Crippen LogP) is 1.98. The minimum absolute atomic E-state index is 0.0731. The van der Waals surface area contributed by atoms with Gasteiger partial charge in [-0.3, -0.25) is 9.69 Å². The minimum Gasteiger partial charge on any atom is -0.497 e. The van der Waals surface area contributed by atoms with E-state index >= 15 is 0 Å². The fourth-order valence-corrected chi connectivity index (χ4v) is 2.96. The molecule has 1 fully saturated rings. The predicted molar refractivity (Wildman–Crippen MR) is 100 cm³/mol. The molecule has 0 atom stereocenters. The maximum absolute atomic E-state index is 12.4. The van der Waals surface area contributed by atoms with Crippen LogP contribution in [-0.2, 0) is 4.79 Å². The highest BCUT2D eigenvalue weighted by Gasteiger charge is 2.22. The van der Waals surface area contributed by atoms with Crippen molar-refractivity contribution in [3.05, 3.63) is 36.7 Å². The molecule has 1 amide bonds. The summed E-state index contributed by atoms with van der Waals surface area (Å²) >= 11 is 0. The summed E-state index contributed by atoms with van der Waals surface area (Å²) in [6, 6.07) is 7.45. The van der Waals surface area contributed by atoms with E-state index in [4.69, 9.17) is 14.2 Å². The first kappa shape index (κ1) is 18.9. The molecule has 1 N–H and O–H groups in total. The highest BCUT2D eigenvalue weighted by molar-refractivity contribution is 5.92. The van der Waals surface area contributed by atoms with Gasteiger partial charge >= 0.3 is 6.01 Å². The highest BCUT2D eigenvalue weighted by atomic mass is 16.5. The third-order valence-electron chi connectivity index (χ3n) is 4.35. The number of nitrogens with one attached hydrogen (secondary N) is 1. The molecule has 3 rings (SSSR count). The Kier molecular flexibility index (Phi) is 6.43. The Bertz CT molecular complexity index is 726. The van der Waals surface area contributed by atoms with Crippen molar-refractivity contribution in [2.75, 3.05) is 39.2 Å². The van der Waals surface area contributed by atoms with Crippen LogP contribution in [-0.4, -0.2) is 60.7 Å². The van der Waals surface area contributed by atoms with Gasteiger partial charge in [0.15, 0.2) is 0 Å². The van der Waals surface area contributed by atoms with E-state index in [0.717, 1.165) is 25.9 Å². The van der Waals surface area contributed by atoms with Gasteiger partial charge < -0.3 is 19.5 Å². The lowest BCUT2D eigenvalue weighted by Crippen LogP contribution is -2.42. The van der Waals surface area contributed by atoms with Crippen molar-refractivity contribution in [3.63, 3.8) is 0 Å². The third kappa shape index (κ3) is 5.55. The van der Waals surface area contributed by atoms with Crippen LogP contribution in [0, 0.1) is 0 Å². The number of likely N-dealkylation sites (tertiary alicyclic amines) is 1. The number of carbonyl (C=O) groups is 1. The second-order valence-electron chi connectivity index (χ2n) is 6.27. The lowest BCUT2D eigenvalue weighted by molar-refractivity contribution is -0.117. The molecule has 27 heavy (non-hydrogen) atoms. The second kappa shape index (κ2) is 9.18. The van der Waals surface area contributed by atoms with Crippen LogP contribution in [0.5, 0.6) is 17.5 Å². The van der Waals surface area contributed by atoms with Gasteiger partial charge in [0.05, 0.1) is 20.8 Å². The van der Waals surface area contributed by atoms with E-state index in [0.29, 0.717) is 29.7 Å². The number of piperidine rings is 1. The van der Waals surface area contributed by atoms with Gasteiger partial charge in [-0.05, 0) is 18.9 Å². The molecule has 8 nitrogen and oxygen atoms in total. The van der Waals surface area contributed by atoms with Crippen molar-refractivity contribution in [1.29, 1.82) is 0 Å². The monoisotopic (exact) mass is 372 g/mol. The van der Waals surface area contributed by atoms with Crippen LogP contribution in [0.2, 0.25) is 0 Å². The van der Waals surface area contributed by atoms with Gasteiger partial charge in [-0.1, -0.05) is 0 Å². The molecule has 0 aliphatic carbocycles. The molecule has 1 aliphatic heterocycles. The number of benzene rings is 1. The normalized spacial score (nSPS) is 15.2. The van der Waals surface area contributed by atoms with Crippen molar-refractivity contribution in [1.82, 2.24) is 14.9 Å². The van der Waals surface area contributed by atoms with Crippen molar-refractivity contribution >= 4 is 11.6 Å². The molecular formula is C19H24N4O4. The molecular weight excluding hydrogens is 348 g/mol. The molecule has 0 unspecified atom stereocenters. The van der Waals surface area contributed by atoms with Crippen LogP contribution in [0.3, 0.4) is 0 Å². The summed E-state index contributed by atoms with van der Waals surface area (Å²) in [6.45, 7) is 1.90. The number of hydrogen-bond donors (Lipinski definition) is 1. The van der Waals surface area contributed by atoms with E-state index in [2.05, 4.69) is 20.2 Å². The van der Waals surface area contributed by atoms with Gasteiger partial charge in [0, 0.05) is 49.4 Å². The van der Waals surface area contributed by atoms with Gasteiger partial charge in [-0.2, -0.15) is 0 Å². The zero-order valence-corrected chi connectivity index (χ0v) is 15.6. The van der Waals surface area contributed by atoms with E-state index in [9.17, 15) is 4.79 Å². The molecule has 144 valence electrons. The lowest BCUT2D eigenvalue weighted by atomic mass is 10.1. The number of methoxy groups -OCH3 is 2. The topological polar surface area (TPSA) is 85.8 Å². The largest absolute Gasteiger partial charge is 0.497 e. The summed E-state index contributed by atoms with van der Waals surface area (Å²) in [4.78, 5) is 22.6. The van der Waals surface area contributed by atoms with E-state index in [1.54, 1.807) is 50.9 Å². The van der Waals surface area contributed by atoms with E-state index < -0.39 is 0 Å². The zero-order chi connectivity index (χ0) is 19.1. The fraction of sp³-hybridized carbons (Fsp3) is 0.421. The first-order valence-electron chi connectivity index (χ1n) is 8.85. The average molecular weight is 372 g/mol. The van der Waals surface area contributed by atoms with Crippen LogP contribution in [0.25, 0.3) is 0 Å². The number of carbonyl (C=O) groups excluding carboxylic acids is 1. The summed E-state index contributed by atoms with van der Waals surface area (Å²) in [6.07, 6.45) is 5.07. The van der Waals surface area contributed by atoms with Gasteiger partial charge in [0.25, 0.3) is 0 Å². The van der Waals surface area contributed by atoms with Crippen molar-refractivity contribution < 1.29 is 19.0 Å². The molecule has 0 saturated carbocycles. The maximum atomic E-state index is 12.4. The number of amides is 1. The van der Waals surface area contributed by atoms with Crippen LogP contribution in [0.4, 0.5) is 5.69 Å². The Morgan fingerprint density at radius 3 is 2.33 bits per heavy atom. The molecule has 0 spiro atoms. The standard InChI is InChI=1S/C19H24N4O4/c1-25-16-10-14(11-17(12-16)26-2)22-18(24)13-23-8-4-15(5-9-23)27-19-20-6-3-7-21-19/h3,6-7,10-12,15H,4-5,8-9,13H2,1-2H3,(H,22,24). The molecule has 1 aliphatic rings. The Morgan fingerprint density at radius 1 is 1.11 bits per heavy atom. The first-order chi connectivity index (χ1) is 13.2. The number of aromatic nitrogens is 2. The van der Waals surface area contributed by atoms with Gasteiger partial charge in [-0.25, -0.2) is 9.97 Å². The van der Waals surface area contributed by atoms with Gasteiger partial charge in [0.2, 0.25) is 5.91 Å². The fourth-order valence-electron chi connectivity index (χ4n) is 2.96. The van der Waals surface area contributed by atoms with Crippen LogP contribution in [0.15, 0.2) is 36.7 Å². The van der Waals surface area contributed by atoms with Crippen LogP contribution >= 0.6 is 0 Å². The summed E-state index contributed by atoms with van der Waals surface area (Å²) in [5, 5.41) is 2.90. The number of anilines is 1. The van der Waals surface area contributed by atoms with Crippen molar-refractivity contribution in [3.8, 4) is 17.5 Å². The van der Waals surface area contributed by atoms with Crippen molar-refractivity contribution in [2.24, 2.45) is 0 Å². The summed E-state index contributed by atoms with van der Waals surface area (Å²) < 4.78 is 16.2. The Morgan fingerprint density at radius 2 is 1.74 bits per heavy atom. The lowest BCUT2D eigenvalue weighted by Gasteiger charge is -2.31. The quantitative estimate of drug-likeness (QED) is 0.795. The second-order valence-corrected chi connectivity index (χ2v) is 6.27. The number of nitrogens with zero attached hydrogens (tertiary/aromatic N) is 3. The van der Waals surface area contributed by atoms with E-state index in [1.165, 1.54) is 0 Å². The van der Waals surface area contributed by atoms with Crippen LogP contribution in [0.1, 0.15) is 12.8 Å². The molecule has 0 bridgehead atoms.